The number of likely N-dealkylation sites (tertiary alicyclic amines) is 1. The molecule has 3 aromatic carbocycles. The lowest BCUT2D eigenvalue weighted by Gasteiger charge is -2.30. The van der Waals surface area contributed by atoms with Crippen LogP contribution < -0.4 is 0 Å². The van der Waals surface area contributed by atoms with E-state index in [0.717, 1.165) is 34.7 Å². The minimum Gasteiger partial charge on any atom is -0.339 e. The molecule has 0 unspecified atom stereocenters. The van der Waals surface area contributed by atoms with Crippen molar-refractivity contribution in [2.24, 2.45) is 0 Å². The number of carbonyl (C=O) groups is 1. The summed E-state index contributed by atoms with van der Waals surface area (Å²) in [5.41, 5.74) is 2.87. The van der Waals surface area contributed by atoms with Crippen LogP contribution in [0.1, 0.15) is 40.6 Å². The minimum absolute atomic E-state index is 0.0881. The molecule has 4 aromatic rings. The second-order valence-corrected chi connectivity index (χ2v) is 7.95. The Kier molecular flexibility index (Phi) is 4.79. The molecule has 0 aliphatic carbocycles. The molecule has 1 aromatic heterocycles. The average molecular weight is 397 g/mol. The van der Waals surface area contributed by atoms with E-state index in [4.69, 9.17) is 4.52 Å². The molecule has 5 heteroatoms. The van der Waals surface area contributed by atoms with Crippen molar-refractivity contribution in [3.8, 4) is 11.4 Å². The average Bonchev–Trinajstić information content (AvgIpc) is 3.29. The molecule has 1 saturated heterocycles. The van der Waals surface area contributed by atoms with Crippen LogP contribution in [0.4, 0.5) is 0 Å². The zero-order valence-corrected chi connectivity index (χ0v) is 16.9. The number of fused-ring (bicyclic) bond motifs is 1. The van der Waals surface area contributed by atoms with Crippen LogP contribution in [0, 0.1) is 6.92 Å². The fourth-order valence-electron chi connectivity index (χ4n) is 4.14. The predicted octanol–water partition coefficient (Wildman–Crippen LogP) is 5.22. The van der Waals surface area contributed by atoms with E-state index in [9.17, 15) is 4.79 Å². The summed E-state index contributed by atoms with van der Waals surface area (Å²) in [4.78, 5) is 19.5. The summed E-state index contributed by atoms with van der Waals surface area (Å²) in [6.07, 6.45) is 1.66. The number of aryl methyl sites for hydroxylation is 1. The van der Waals surface area contributed by atoms with Crippen LogP contribution in [0.3, 0.4) is 0 Å². The van der Waals surface area contributed by atoms with Crippen molar-refractivity contribution in [1.82, 2.24) is 15.0 Å². The molecule has 0 atom stereocenters. The number of hydrogen-bond acceptors (Lipinski definition) is 4. The van der Waals surface area contributed by atoms with Gasteiger partial charge in [0.05, 0.1) is 0 Å². The van der Waals surface area contributed by atoms with Gasteiger partial charge in [0.1, 0.15) is 0 Å². The van der Waals surface area contributed by atoms with E-state index in [1.807, 2.05) is 66.4 Å². The van der Waals surface area contributed by atoms with E-state index in [0.29, 0.717) is 24.8 Å². The van der Waals surface area contributed by atoms with E-state index in [1.54, 1.807) is 0 Å². The van der Waals surface area contributed by atoms with Crippen molar-refractivity contribution >= 4 is 16.7 Å². The lowest BCUT2D eigenvalue weighted by molar-refractivity contribution is 0.0704. The van der Waals surface area contributed by atoms with Gasteiger partial charge in [-0.05, 0) is 48.7 Å². The fraction of sp³-hybridized carbons (Fsp3) is 0.240. The zero-order valence-electron chi connectivity index (χ0n) is 16.9. The molecule has 5 nitrogen and oxygen atoms in total. The molecule has 0 saturated carbocycles. The minimum atomic E-state index is 0.0881. The Morgan fingerprint density at radius 1 is 0.967 bits per heavy atom. The molecule has 0 spiro atoms. The van der Waals surface area contributed by atoms with Gasteiger partial charge in [-0.3, -0.25) is 4.79 Å². The van der Waals surface area contributed by atoms with E-state index < -0.39 is 0 Å². The monoisotopic (exact) mass is 397 g/mol. The van der Waals surface area contributed by atoms with Gasteiger partial charge in [-0.1, -0.05) is 59.3 Å². The summed E-state index contributed by atoms with van der Waals surface area (Å²) in [6.45, 7) is 3.43. The van der Waals surface area contributed by atoms with Gasteiger partial charge in [0.15, 0.2) is 0 Å². The first-order valence-corrected chi connectivity index (χ1v) is 10.4. The molecule has 0 bridgehead atoms. The van der Waals surface area contributed by atoms with Crippen molar-refractivity contribution in [2.45, 2.75) is 25.7 Å². The molecule has 5 rings (SSSR count). The highest BCUT2D eigenvalue weighted by Crippen LogP contribution is 2.29. The maximum atomic E-state index is 13.0. The molecule has 1 aliphatic heterocycles. The highest BCUT2D eigenvalue weighted by atomic mass is 16.5. The third kappa shape index (κ3) is 3.59. The molecule has 1 aliphatic rings. The second-order valence-electron chi connectivity index (χ2n) is 7.95. The Morgan fingerprint density at radius 3 is 2.57 bits per heavy atom. The van der Waals surface area contributed by atoms with Crippen LogP contribution in [-0.2, 0) is 0 Å². The molecule has 30 heavy (non-hydrogen) atoms. The number of hydrogen-bond donors (Lipinski definition) is 0. The standard InChI is InChI=1S/C25H23N3O2/c1-17-5-4-8-21(15-17)23-26-24(30-27-23)19-11-13-28(14-12-19)25(29)22-10-9-18-6-2-3-7-20(18)16-22/h2-10,15-16,19H,11-14H2,1H3. The van der Waals surface area contributed by atoms with Crippen LogP contribution in [0.15, 0.2) is 71.3 Å². The van der Waals surface area contributed by atoms with Gasteiger partial charge in [-0.15, -0.1) is 0 Å². The Morgan fingerprint density at radius 2 is 1.77 bits per heavy atom. The first-order valence-electron chi connectivity index (χ1n) is 10.4. The van der Waals surface area contributed by atoms with E-state index >= 15 is 0 Å². The fourth-order valence-corrected chi connectivity index (χ4v) is 4.14. The highest BCUT2D eigenvalue weighted by molar-refractivity contribution is 5.98. The third-order valence-electron chi connectivity index (χ3n) is 5.85. The number of carbonyl (C=O) groups excluding carboxylic acids is 1. The van der Waals surface area contributed by atoms with E-state index in [1.165, 1.54) is 5.56 Å². The second kappa shape index (κ2) is 7.75. The first kappa shape index (κ1) is 18.6. The quantitative estimate of drug-likeness (QED) is 0.476. The molecule has 0 N–H and O–H groups in total. The van der Waals surface area contributed by atoms with Crippen molar-refractivity contribution in [3.05, 3.63) is 83.7 Å². The largest absolute Gasteiger partial charge is 0.339 e. The van der Waals surface area contributed by atoms with Crippen molar-refractivity contribution in [2.75, 3.05) is 13.1 Å². The molecule has 1 amide bonds. The highest BCUT2D eigenvalue weighted by Gasteiger charge is 2.28. The smallest absolute Gasteiger partial charge is 0.253 e. The van der Waals surface area contributed by atoms with Gasteiger partial charge >= 0.3 is 0 Å². The molecule has 0 radical (unpaired) electrons. The number of rotatable bonds is 3. The van der Waals surface area contributed by atoms with Crippen molar-refractivity contribution < 1.29 is 9.32 Å². The summed E-state index contributed by atoms with van der Waals surface area (Å²) in [7, 11) is 0. The van der Waals surface area contributed by atoms with Crippen molar-refractivity contribution in [3.63, 3.8) is 0 Å². The van der Waals surface area contributed by atoms with E-state index in [2.05, 4.69) is 22.3 Å². The Balaban J connectivity index is 1.26. The number of amides is 1. The summed E-state index contributed by atoms with van der Waals surface area (Å²) in [6, 6.07) is 22.1. The number of nitrogens with zero attached hydrogens (tertiary/aromatic N) is 3. The molecule has 2 heterocycles. The van der Waals surface area contributed by atoms with Gasteiger partial charge in [-0.2, -0.15) is 4.98 Å². The summed E-state index contributed by atoms with van der Waals surface area (Å²) in [5, 5.41) is 6.40. The number of benzene rings is 3. The SMILES string of the molecule is Cc1cccc(-c2noc(C3CCN(C(=O)c4ccc5ccccc5c4)CC3)n2)c1. The normalized spacial score (nSPS) is 14.9. The lowest BCUT2D eigenvalue weighted by Crippen LogP contribution is -2.38. The zero-order chi connectivity index (χ0) is 20.5. The first-order chi connectivity index (χ1) is 14.7. The Labute approximate surface area is 175 Å². The molecule has 150 valence electrons. The van der Waals surface area contributed by atoms with Crippen LogP contribution >= 0.6 is 0 Å². The van der Waals surface area contributed by atoms with Gasteiger partial charge in [0.2, 0.25) is 11.7 Å². The van der Waals surface area contributed by atoms with Crippen LogP contribution in [-0.4, -0.2) is 34.0 Å². The van der Waals surface area contributed by atoms with Gasteiger partial charge in [0, 0.05) is 30.1 Å². The molecule has 1 fully saturated rings. The summed E-state index contributed by atoms with van der Waals surface area (Å²) >= 11 is 0. The summed E-state index contributed by atoms with van der Waals surface area (Å²) in [5.74, 6) is 1.58. The predicted molar refractivity (Wildman–Crippen MR) is 116 cm³/mol. The van der Waals surface area contributed by atoms with Gasteiger partial charge in [0.25, 0.3) is 5.91 Å². The maximum absolute atomic E-state index is 13.0. The van der Waals surface area contributed by atoms with Crippen LogP contribution in [0.25, 0.3) is 22.2 Å². The topological polar surface area (TPSA) is 59.2 Å². The number of piperidine rings is 1. The molecular formula is C25H23N3O2. The van der Waals surface area contributed by atoms with Gasteiger partial charge < -0.3 is 9.42 Å². The molecular weight excluding hydrogens is 374 g/mol. The number of aromatic nitrogens is 2. The Bertz CT molecular complexity index is 1210. The van der Waals surface area contributed by atoms with Crippen LogP contribution in [0.2, 0.25) is 0 Å². The Hall–Kier alpha value is -3.47. The van der Waals surface area contributed by atoms with Crippen LogP contribution in [0.5, 0.6) is 0 Å². The summed E-state index contributed by atoms with van der Waals surface area (Å²) < 4.78 is 5.56. The van der Waals surface area contributed by atoms with Gasteiger partial charge in [-0.25, -0.2) is 0 Å². The maximum Gasteiger partial charge on any atom is 0.253 e. The van der Waals surface area contributed by atoms with Crippen molar-refractivity contribution in [1.29, 1.82) is 0 Å². The lowest BCUT2D eigenvalue weighted by atomic mass is 9.96. The third-order valence-corrected chi connectivity index (χ3v) is 5.85. The van der Waals surface area contributed by atoms with E-state index in [-0.39, 0.29) is 11.8 Å².